The van der Waals surface area contributed by atoms with Gasteiger partial charge in [-0.05, 0) is 19.8 Å². The van der Waals surface area contributed by atoms with Crippen LogP contribution in [0.15, 0.2) is 35.7 Å². The maximum absolute atomic E-state index is 12.8. The van der Waals surface area contributed by atoms with E-state index >= 15 is 0 Å². The van der Waals surface area contributed by atoms with E-state index in [0.717, 1.165) is 11.3 Å². The molecule has 0 bridgehead atoms. The van der Waals surface area contributed by atoms with Crippen LogP contribution >= 0.6 is 11.3 Å². The van der Waals surface area contributed by atoms with Gasteiger partial charge in [0.15, 0.2) is 5.69 Å². The van der Waals surface area contributed by atoms with Gasteiger partial charge in [-0.1, -0.05) is 35.5 Å². The van der Waals surface area contributed by atoms with Crippen LogP contribution in [0, 0.1) is 12.8 Å². The second-order valence-electron chi connectivity index (χ2n) is 6.79. The number of benzene rings is 1. The third-order valence-corrected chi connectivity index (χ3v) is 5.84. The van der Waals surface area contributed by atoms with Gasteiger partial charge in [-0.25, -0.2) is 4.98 Å². The average Bonchev–Trinajstić information content (AvgIpc) is 3.35. The van der Waals surface area contributed by atoms with Gasteiger partial charge >= 0.3 is 0 Å². The smallest absolute Gasteiger partial charge is 0.276 e. The molecule has 2 N–H and O–H groups in total. The number of hydrogen-bond acceptors (Lipinski definition) is 6. The molecular weight excluding hydrogens is 376 g/mol. The molecule has 8 nitrogen and oxygen atoms in total. The summed E-state index contributed by atoms with van der Waals surface area (Å²) in [6, 6.07) is 9.89. The summed E-state index contributed by atoms with van der Waals surface area (Å²) in [6.45, 7) is 2.80. The SMILES string of the molecule is Cc1c(C(=O)N2CCC(C(N)=O)CC2)nnn1-c1nc(-c2ccccc2)cs1. The van der Waals surface area contributed by atoms with Crippen LogP contribution < -0.4 is 5.73 Å². The Morgan fingerprint density at radius 2 is 1.89 bits per heavy atom. The molecular formula is C19H20N6O2S. The highest BCUT2D eigenvalue weighted by Gasteiger charge is 2.29. The summed E-state index contributed by atoms with van der Waals surface area (Å²) in [4.78, 5) is 30.5. The van der Waals surface area contributed by atoms with Crippen LogP contribution in [0.2, 0.25) is 0 Å². The lowest BCUT2D eigenvalue weighted by Gasteiger charge is -2.30. The molecule has 0 atom stereocenters. The van der Waals surface area contributed by atoms with Gasteiger partial charge in [0.2, 0.25) is 11.0 Å². The zero-order chi connectivity index (χ0) is 19.7. The quantitative estimate of drug-likeness (QED) is 0.726. The van der Waals surface area contributed by atoms with Crippen LogP contribution in [0.4, 0.5) is 0 Å². The third-order valence-electron chi connectivity index (χ3n) is 5.02. The van der Waals surface area contributed by atoms with Crippen LogP contribution in [0.1, 0.15) is 29.0 Å². The Bertz CT molecular complexity index is 1000. The Kier molecular flexibility index (Phi) is 4.91. The number of amides is 2. The van der Waals surface area contributed by atoms with E-state index in [-0.39, 0.29) is 17.7 Å². The molecule has 4 rings (SSSR count). The lowest BCUT2D eigenvalue weighted by molar-refractivity contribution is -0.123. The van der Waals surface area contributed by atoms with Gasteiger partial charge < -0.3 is 10.6 Å². The Morgan fingerprint density at radius 1 is 1.18 bits per heavy atom. The van der Waals surface area contributed by atoms with Gasteiger partial charge in [0.25, 0.3) is 5.91 Å². The van der Waals surface area contributed by atoms with Crippen molar-refractivity contribution in [3.8, 4) is 16.4 Å². The molecule has 1 fully saturated rings. The Hall–Kier alpha value is -3.07. The highest BCUT2D eigenvalue weighted by atomic mass is 32.1. The van der Waals surface area contributed by atoms with Crippen LogP contribution in [-0.4, -0.2) is 49.8 Å². The first kappa shape index (κ1) is 18.3. The van der Waals surface area contributed by atoms with Gasteiger partial charge in [0.1, 0.15) is 0 Å². The lowest BCUT2D eigenvalue weighted by Crippen LogP contribution is -2.42. The number of nitrogens with two attached hydrogens (primary N) is 1. The van der Waals surface area contributed by atoms with E-state index in [1.807, 2.05) is 42.6 Å². The molecule has 1 aliphatic heterocycles. The number of primary amides is 1. The van der Waals surface area contributed by atoms with E-state index in [0.29, 0.717) is 42.5 Å². The Morgan fingerprint density at radius 3 is 2.57 bits per heavy atom. The normalized spacial score (nSPS) is 15.0. The molecule has 3 heterocycles. The molecule has 9 heteroatoms. The van der Waals surface area contributed by atoms with Crippen molar-refractivity contribution in [3.05, 3.63) is 47.1 Å². The number of piperidine rings is 1. The molecule has 2 aromatic heterocycles. The summed E-state index contributed by atoms with van der Waals surface area (Å²) in [7, 11) is 0. The summed E-state index contributed by atoms with van der Waals surface area (Å²) in [5, 5.41) is 10.9. The number of nitrogens with zero attached hydrogens (tertiary/aromatic N) is 5. The van der Waals surface area contributed by atoms with Crippen LogP contribution in [0.3, 0.4) is 0 Å². The van der Waals surface area contributed by atoms with Crippen molar-refractivity contribution in [2.45, 2.75) is 19.8 Å². The van der Waals surface area contributed by atoms with Crippen molar-refractivity contribution in [2.75, 3.05) is 13.1 Å². The van der Waals surface area contributed by atoms with Gasteiger partial charge in [0, 0.05) is 30.0 Å². The van der Waals surface area contributed by atoms with Crippen molar-refractivity contribution in [3.63, 3.8) is 0 Å². The molecule has 3 aromatic rings. The van der Waals surface area contributed by atoms with Crippen molar-refractivity contribution in [2.24, 2.45) is 11.7 Å². The van der Waals surface area contributed by atoms with Crippen LogP contribution in [-0.2, 0) is 4.79 Å². The second kappa shape index (κ2) is 7.51. The summed E-state index contributed by atoms with van der Waals surface area (Å²) in [5.41, 5.74) is 8.21. The topological polar surface area (TPSA) is 107 Å². The van der Waals surface area contributed by atoms with E-state index in [4.69, 9.17) is 5.73 Å². The Labute approximate surface area is 166 Å². The number of carbonyl (C=O) groups excluding carboxylic acids is 2. The molecule has 2 amide bonds. The monoisotopic (exact) mass is 396 g/mol. The summed E-state index contributed by atoms with van der Waals surface area (Å²) < 4.78 is 1.60. The maximum Gasteiger partial charge on any atom is 0.276 e. The van der Waals surface area contributed by atoms with Gasteiger partial charge in [0.05, 0.1) is 11.4 Å². The minimum atomic E-state index is -0.299. The Balaban J connectivity index is 1.53. The first-order valence-corrected chi connectivity index (χ1v) is 9.95. The van der Waals surface area contributed by atoms with E-state index < -0.39 is 0 Å². The van der Waals surface area contributed by atoms with E-state index in [9.17, 15) is 9.59 Å². The predicted octanol–water partition coefficient (Wildman–Crippen LogP) is 2.04. The molecule has 0 spiro atoms. The summed E-state index contributed by atoms with van der Waals surface area (Å²) in [5.74, 6) is -0.633. The van der Waals surface area contributed by atoms with Crippen molar-refractivity contribution >= 4 is 23.2 Å². The third kappa shape index (κ3) is 3.40. The van der Waals surface area contributed by atoms with Crippen molar-refractivity contribution in [1.82, 2.24) is 24.9 Å². The average molecular weight is 396 g/mol. The second-order valence-corrected chi connectivity index (χ2v) is 7.62. The number of rotatable bonds is 4. The summed E-state index contributed by atoms with van der Waals surface area (Å²) in [6.07, 6.45) is 1.17. The van der Waals surface area contributed by atoms with Crippen molar-refractivity contribution in [1.29, 1.82) is 0 Å². The number of likely N-dealkylation sites (tertiary alicyclic amines) is 1. The fraction of sp³-hybridized carbons (Fsp3) is 0.316. The minimum absolute atomic E-state index is 0.160. The van der Waals surface area contributed by atoms with E-state index in [1.165, 1.54) is 11.3 Å². The number of aromatic nitrogens is 4. The standard InChI is InChI=1S/C19H20N6O2S/c1-12-16(18(27)24-9-7-14(8-10-24)17(20)26)22-23-25(12)19-21-15(11-28-19)13-5-3-2-4-6-13/h2-6,11,14H,7-10H2,1H3,(H2,20,26). The number of carbonyl (C=O) groups is 2. The van der Waals surface area contributed by atoms with Crippen molar-refractivity contribution < 1.29 is 9.59 Å². The fourth-order valence-corrected chi connectivity index (χ4v) is 4.16. The maximum atomic E-state index is 12.8. The highest BCUT2D eigenvalue weighted by molar-refractivity contribution is 7.12. The van der Waals surface area contributed by atoms with E-state index in [2.05, 4.69) is 15.3 Å². The molecule has 1 aromatic carbocycles. The molecule has 0 unspecified atom stereocenters. The van der Waals surface area contributed by atoms with Crippen LogP contribution in [0.5, 0.6) is 0 Å². The molecule has 0 aliphatic carbocycles. The number of thiazole rings is 1. The van der Waals surface area contributed by atoms with Gasteiger partial charge in [-0.3, -0.25) is 9.59 Å². The predicted molar refractivity (Wildman–Crippen MR) is 105 cm³/mol. The highest BCUT2D eigenvalue weighted by Crippen LogP contribution is 2.25. The summed E-state index contributed by atoms with van der Waals surface area (Å²) >= 11 is 1.45. The molecule has 144 valence electrons. The molecule has 1 saturated heterocycles. The van der Waals surface area contributed by atoms with Gasteiger partial charge in [-0.15, -0.1) is 16.4 Å². The fourth-order valence-electron chi connectivity index (χ4n) is 3.33. The zero-order valence-corrected chi connectivity index (χ0v) is 16.2. The zero-order valence-electron chi connectivity index (χ0n) is 15.4. The van der Waals surface area contributed by atoms with E-state index in [1.54, 1.807) is 9.58 Å². The lowest BCUT2D eigenvalue weighted by atomic mass is 9.96. The largest absolute Gasteiger partial charge is 0.369 e. The molecule has 0 radical (unpaired) electrons. The first-order valence-electron chi connectivity index (χ1n) is 9.07. The minimum Gasteiger partial charge on any atom is -0.369 e. The van der Waals surface area contributed by atoms with Gasteiger partial charge in [-0.2, -0.15) is 4.68 Å². The first-order chi connectivity index (χ1) is 13.5. The molecule has 0 saturated carbocycles. The molecule has 1 aliphatic rings. The molecule has 28 heavy (non-hydrogen) atoms. The number of hydrogen-bond donors (Lipinski definition) is 1. The van der Waals surface area contributed by atoms with Crippen LogP contribution in [0.25, 0.3) is 16.4 Å².